The lowest BCUT2D eigenvalue weighted by atomic mass is 9.95. The molecule has 0 spiro atoms. The number of rotatable bonds is 6. The molecule has 1 unspecified atom stereocenters. The molecule has 0 aliphatic heterocycles. The molecule has 0 aliphatic rings. The summed E-state index contributed by atoms with van der Waals surface area (Å²) in [4.78, 5) is 2.28. The number of nitrogens with zero attached hydrogens (tertiary/aromatic N) is 1. The predicted octanol–water partition coefficient (Wildman–Crippen LogP) is 3.47. The molecule has 1 aromatic rings. The van der Waals surface area contributed by atoms with Gasteiger partial charge in [0, 0.05) is 12.1 Å². The largest absolute Gasteiger partial charge is 0.387 e. The topological polar surface area (TPSA) is 23.5 Å². The molecule has 0 aromatic heterocycles. The van der Waals surface area contributed by atoms with E-state index in [4.69, 9.17) is 0 Å². The standard InChI is InChI=1S/C16H27NO/c1-6-12(2)13(3)17(5)14(4)16(18)15-10-8-7-9-11-15/h7-14,16,18H,6H2,1-5H3/t12?,13-,14+,16-/m1/s1. The summed E-state index contributed by atoms with van der Waals surface area (Å²) >= 11 is 0. The van der Waals surface area contributed by atoms with Crippen LogP contribution in [0.2, 0.25) is 0 Å². The van der Waals surface area contributed by atoms with E-state index in [1.165, 1.54) is 6.42 Å². The third kappa shape index (κ3) is 3.56. The minimum atomic E-state index is -0.428. The van der Waals surface area contributed by atoms with Crippen LogP contribution in [-0.4, -0.2) is 29.1 Å². The highest BCUT2D eigenvalue weighted by atomic mass is 16.3. The van der Waals surface area contributed by atoms with Crippen LogP contribution in [0.25, 0.3) is 0 Å². The van der Waals surface area contributed by atoms with Crippen LogP contribution in [0, 0.1) is 5.92 Å². The first kappa shape index (κ1) is 15.2. The molecule has 0 fully saturated rings. The Kier molecular flexibility index (Phi) is 5.83. The molecular formula is C16H27NO. The third-order valence-corrected chi connectivity index (χ3v) is 4.35. The molecule has 0 saturated heterocycles. The lowest BCUT2D eigenvalue weighted by molar-refractivity contribution is 0.0392. The van der Waals surface area contributed by atoms with Crippen molar-refractivity contribution < 1.29 is 5.11 Å². The van der Waals surface area contributed by atoms with E-state index in [2.05, 4.69) is 39.6 Å². The van der Waals surface area contributed by atoms with Gasteiger partial charge in [-0.15, -0.1) is 0 Å². The van der Waals surface area contributed by atoms with Gasteiger partial charge in [0.1, 0.15) is 0 Å². The lowest BCUT2D eigenvalue weighted by Crippen LogP contribution is -2.43. The van der Waals surface area contributed by atoms with Crippen LogP contribution in [0.3, 0.4) is 0 Å². The maximum Gasteiger partial charge on any atom is 0.0942 e. The van der Waals surface area contributed by atoms with Crippen molar-refractivity contribution >= 4 is 0 Å². The van der Waals surface area contributed by atoms with Gasteiger partial charge in [0.25, 0.3) is 0 Å². The predicted molar refractivity (Wildman–Crippen MR) is 77.5 cm³/mol. The summed E-state index contributed by atoms with van der Waals surface area (Å²) in [6.45, 7) is 8.81. The van der Waals surface area contributed by atoms with Crippen LogP contribution in [0.15, 0.2) is 30.3 Å². The van der Waals surface area contributed by atoms with E-state index in [0.29, 0.717) is 12.0 Å². The quantitative estimate of drug-likeness (QED) is 0.834. The van der Waals surface area contributed by atoms with Crippen molar-refractivity contribution in [3.05, 3.63) is 35.9 Å². The van der Waals surface area contributed by atoms with Crippen molar-refractivity contribution in [1.29, 1.82) is 0 Å². The van der Waals surface area contributed by atoms with Gasteiger partial charge in [-0.1, -0.05) is 50.6 Å². The number of aliphatic hydroxyl groups is 1. The average Bonchev–Trinajstić information content (AvgIpc) is 2.44. The SMILES string of the molecule is CCC(C)[C@@H](C)N(C)[C@@H](C)[C@@H](O)c1ccccc1. The fourth-order valence-electron chi connectivity index (χ4n) is 2.26. The molecule has 1 N–H and O–H groups in total. The number of hydrogen-bond acceptors (Lipinski definition) is 2. The molecule has 1 aromatic carbocycles. The van der Waals surface area contributed by atoms with Gasteiger partial charge in [0.15, 0.2) is 0 Å². The zero-order valence-corrected chi connectivity index (χ0v) is 12.3. The number of likely N-dealkylation sites (N-methyl/N-ethyl adjacent to an activating group) is 1. The monoisotopic (exact) mass is 249 g/mol. The molecule has 1 rings (SSSR count). The zero-order chi connectivity index (χ0) is 13.7. The van der Waals surface area contributed by atoms with Crippen molar-refractivity contribution in [3.63, 3.8) is 0 Å². The smallest absolute Gasteiger partial charge is 0.0942 e. The first-order chi connectivity index (χ1) is 8.49. The van der Waals surface area contributed by atoms with E-state index >= 15 is 0 Å². The second-order valence-electron chi connectivity index (χ2n) is 5.39. The van der Waals surface area contributed by atoms with Crippen molar-refractivity contribution in [2.45, 2.75) is 52.3 Å². The normalized spacial score (nSPS) is 18.4. The summed E-state index contributed by atoms with van der Waals surface area (Å²) in [7, 11) is 2.10. The Labute approximate surface area is 112 Å². The summed E-state index contributed by atoms with van der Waals surface area (Å²) < 4.78 is 0. The van der Waals surface area contributed by atoms with Crippen molar-refractivity contribution in [2.24, 2.45) is 5.92 Å². The zero-order valence-electron chi connectivity index (χ0n) is 12.3. The second-order valence-corrected chi connectivity index (χ2v) is 5.39. The fraction of sp³-hybridized carbons (Fsp3) is 0.625. The van der Waals surface area contributed by atoms with Gasteiger partial charge in [-0.2, -0.15) is 0 Å². The molecule has 0 heterocycles. The molecule has 2 nitrogen and oxygen atoms in total. The van der Waals surface area contributed by atoms with Crippen molar-refractivity contribution in [2.75, 3.05) is 7.05 Å². The van der Waals surface area contributed by atoms with E-state index in [0.717, 1.165) is 5.56 Å². The highest BCUT2D eigenvalue weighted by molar-refractivity contribution is 5.18. The molecule has 0 amide bonds. The Bertz CT molecular complexity index is 338. The van der Waals surface area contributed by atoms with E-state index in [9.17, 15) is 5.11 Å². The van der Waals surface area contributed by atoms with Crippen LogP contribution in [0.1, 0.15) is 45.8 Å². The Hall–Kier alpha value is -0.860. The summed E-state index contributed by atoms with van der Waals surface area (Å²) in [6, 6.07) is 10.5. The highest BCUT2D eigenvalue weighted by Crippen LogP contribution is 2.23. The summed E-state index contributed by atoms with van der Waals surface area (Å²) in [5, 5.41) is 10.4. The van der Waals surface area contributed by atoms with Gasteiger partial charge >= 0.3 is 0 Å². The summed E-state index contributed by atoms with van der Waals surface area (Å²) in [5.41, 5.74) is 0.994. The minimum Gasteiger partial charge on any atom is -0.387 e. The number of benzene rings is 1. The van der Waals surface area contributed by atoms with E-state index in [1.807, 2.05) is 30.3 Å². The van der Waals surface area contributed by atoms with Crippen LogP contribution in [-0.2, 0) is 0 Å². The first-order valence-electron chi connectivity index (χ1n) is 6.94. The first-order valence-corrected chi connectivity index (χ1v) is 6.94. The maximum atomic E-state index is 10.4. The molecular weight excluding hydrogens is 222 g/mol. The Morgan fingerprint density at radius 1 is 1.06 bits per heavy atom. The maximum absolute atomic E-state index is 10.4. The Balaban J connectivity index is 2.72. The van der Waals surface area contributed by atoms with Gasteiger partial charge in [-0.05, 0) is 32.4 Å². The van der Waals surface area contributed by atoms with E-state index in [-0.39, 0.29) is 6.04 Å². The lowest BCUT2D eigenvalue weighted by Gasteiger charge is -2.36. The highest BCUT2D eigenvalue weighted by Gasteiger charge is 2.25. The van der Waals surface area contributed by atoms with Crippen LogP contribution in [0.5, 0.6) is 0 Å². The minimum absolute atomic E-state index is 0.122. The molecule has 0 radical (unpaired) electrons. The van der Waals surface area contributed by atoms with E-state index in [1.54, 1.807) is 0 Å². The Morgan fingerprint density at radius 3 is 2.11 bits per heavy atom. The van der Waals surface area contributed by atoms with Gasteiger partial charge in [-0.3, -0.25) is 4.90 Å². The van der Waals surface area contributed by atoms with Gasteiger partial charge in [0.05, 0.1) is 6.10 Å². The van der Waals surface area contributed by atoms with Gasteiger partial charge < -0.3 is 5.11 Å². The van der Waals surface area contributed by atoms with Gasteiger partial charge in [0.2, 0.25) is 0 Å². The number of aliphatic hydroxyl groups excluding tert-OH is 1. The van der Waals surface area contributed by atoms with Crippen molar-refractivity contribution in [3.8, 4) is 0 Å². The molecule has 0 bridgehead atoms. The van der Waals surface area contributed by atoms with Crippen LogP contribution in [0.4, 0.5) is 0 Å². The molecule has 18 heavy (non-hydrogen) atoms. The Morgan fingerprint density at radius 2 is 1.61 bits per heavy atom. The second kappa shape index (κ2) is 6.91. The molecule has 2 heteroatoms. The van der Waals surface area contributed by atoms with Gasteiger partial charge in [-0.25, -0.2) is 0 Å². The molecule has 0 saturated carbocycles. The molecule has 0 aliphatic carbocycles. The average molecular weight is 249 g/mol. The molecule has 4 atom stereocenters. The number of hydrogen-bond donors (Lipinski definition) is 1. The van der Waals surface area contributed by atoms with E-state index < -0.39 is 6.10 Å². The fourth-order valence-corrected chi connectivity index (χ4v) is 2.26. The summed E-state index contributed by atoms with van der Waals surface area (Å²) in [5.74, 6) is 0.639. The van der Waals surface area contributed by atoms with Crippen LogP contribution >= 0.6 is 0 Å². The molecule has 102 valence electrons. The van der Waals surface area contributed by atoms with Crippen LogP contribution < -0.4 is 0 Å². The van der Waals surface area contributed by atoms with Crippen molar-refractivity contribution in [1.82, 2.24) is 4.90 Å². The third-order valence-electron chi connectivity index (χ3n) is 4.35. The summed E-state index contributed by atoms with van der Waals surface area (Å²) in [6.07, 6.45) is 0.738.